The SMILES string of the molecule is CCCc1c(CNC)cnn1C(C)CC. The highest BCUT2D eigenvalue weighted by molar-refractivity contribution is 5.18. The van der Waals surface area contributed by atoms with Crippen LogP contribution in [-0.2, 0) is 13.0 Å². The lowest BCUT2D eigenvalue weighted by Gasteiger charge is -2.14. The van der Waals surface area contributed by atoms with Crippen molar-refractivity contribution in [3.05, 3.63) is 17.5 Å². The second-order valence-electron chi connectivity index (χ2n) is 4.10. The monoisotopic (exact) mass is 209 g/mol. The van der Waals surface area contributed by atoms with Crippen molar-refractivity contribution >= 4 is 0 Å². The maximum absolute atomic E-state index is 4.50. The van der Waals surface area contributed by atoms with Crippen LogP contribution < -0.4 is 5.32 Å². The summed E-state index contributed by atoms with van der Waals surface area (Å²) in [5.74, 6) is 0. The summed E-state index contributed by atoms with van der Waals surface area (Å²) in [5.41, 5.74) is 2.75. The zero-order chi connectivity index (χ0) is 11.3. The molecule has 1 atom stereocenters. The van der Waals surface area contributed by atoms with E-state index in [1.807, 2.05) is 13.2 Å². The van der Waals surface area contributed by atoms with Crippen molar-refractivity contribution in [2.24, 2.45) is 0 Å². The number of hydrogen-bond donors (Lipinski definition) is 1. The minimum Gasteiger partial charge on any atom is -0.316 e. The topological polar surface area (TPSA) is 29.9 Å². The summed E-state index contributed by atoms with van der Waals surface area (Å²) in [5, 5.41) is 7.70. The smallest absolute Gasteiger partial charge is 0.0537 e. The maximum atomic E-state index is 4.50. The van der Waals surface area contributed by atoms with E-state index in [-0.39, 0.29) is 0 Å². The molecule has 1 aromatic heterocycles. The van der Waals surface area contributed by atoms with Gasteiger partial charge in [0.05, 0.1) is 6.20 Å². The van der Waals surface area contributed by atoms with Crippen LogP contribution in [0.1, 0.15) is 50.9 Å². The Kier molecular flexibility index (Phi) is 4.82. The fourth-order valence-electron chi connectivity index (χ4n) is 1.83. The summed E-state index contributed by atoms with van der Waals surface area (Å²) in [6, 6.07) is 0.511. The molecule has 0 radical (unpaired) electrons. The van der Waals surface area contributed by atoms with Crippen molar-refractivity contribution in [3.8, 4) is 0 Å². The molecule has 1 N–H and O–H groups in total. The van der Waals surface area contributed by atoms with Gasteiger partial charge in [0.1, 0.15) is 0 Å². The summed E-state index contributed by atoms with van der Waals surface area (Å²) >= 11 is 0. The quantitative estimate of drug-likeness (QED) is 0.780. The predicted molar refractivity (Wildman–Crippen MR) is 64.0 cm³/mol. The van der Waals surface area contributed by atoms with E-state index in [2.05, 4.69) is 35.9 Å². The van der Waals surface area contributed by atoms with Crippen LogP contribution in [0.15, 0.2) is 6.20 Å². The molecular weight excluding hydrogens is 186 g/mol. The van der Waals surface area contributed by atoms with Gasteiger partial charge in [0.15, 0.2) is 0 Å². The molecule has 0 aliphatic carbocycles. The largest absolute Gasteiger partial charge is 0.316 e. The highest BCUT2D eigenvalue weighted by Crippen LogP contribution is 2.18. The second-order valence-corrected chi connectivity index (χ2v) is 4.10. The normalized spacial score (nSPS) is 13.1. The Hall–Kier alpha value is -0.830. The molecule has 0 saturated carbocycles. The van der Waals surface area contributed by atoms with E-state index in [4.69, 9.17) is 0 Å². The van der Waals surface area contributed by atoms with Gasteiger partial charge in [-0.3, -0.25) is 4.68 Å². The highest BCUT2D eigenvalue weighted by Gasteiger charge is 2.12. The van der Waals surface area contributed by atoms with Crippen LogP contribution in [-0.4, -0.2) is 16.8 Å². The van der Waals surface area contributed by atoms with Crippen molar-refractivity contribution in [2.45, 2.75) is 52.6 Å². The zero-order valence-corrected chi connectivity index (χ0v) is 10.4. The number of aromatic nitrogens is 2. The third kappa shape index (κ3) is 2.81. The van der Waals surface area contributed by atoms with Crippen LogP contribution in [0.4, 0.5) is 0 Å². The zero-order valence-electron chi connectivity index (χ0n) is 10.4. The van der Waals surface area contributed by atoms with Gasteiger partial charge in [-0.25, -0.2) is 0 Å². The molecule has 0 amide bonds. The lowest BCUT2D eigenvalue weighted by atomic mass is 10.1. The van der Waals surface area contributed by atoms with E-state index in [1.165, 1.54) is 17.7 Å². The van der Waals surface area contributed by atoms with Crippen LogP contribution in [0.3, 0.4) is 0 Å². The Bertz CT molecular complexity index is 291. The summed E-state index contributed by atoms with van der Waals surface area (Å²) < 4.78 is 2.19. The predicted octanol–water partition coefficient (Wildman–Crippen LogP) is 2.53. The van der Waals surface area contributed by atoms with Gasteiger partial charge in [-0.1, -0.05) is 20.3 Å². The summed E-state index contributed by atoms with van der Waals surface area (Å²) in [6.45, 7) is 7.58. The number of hydrogen-bond acceptors (Lipinski definition) is 2. The molecule has 3 heteroatoms. The van der Waals surface area contributed by atoms with Crippen LogP contribution in [0.25, 0.3) is 0 Å². The molecule has 0 bridgehead atoms. The molecule has 15 heavy (non-hydrogen) atoms. The van der Waals surface area contributed by atoms with Crippen molar-refractivity contribution in [2.75, 3.05) is 7.05 Å². The minimum absolute atomic E-state index is 0.511. The lowest BCUT2D eigenvalue weighted by molar-refractivity contribution is 0.457. The Morgan fingerprint density at radius 3 is 2.73 bits per heavy atom. The fourth-order valence-corrected chi connectivity index (χ4v) is 1.83. The Morgan fingerprint density at radius 1 is 1.47 bits per heavy atom. The van der Waals surface area contributed by atoms with E-state index in [0.717, 1.165) is 19.4 Å². The van der Waals surface area contributed by atoms with Gasteiger partial charge in [-0.05, 0) is 26.8 Å². The number of rotatable bonds is 6. The summed E-state index contributed by atoms with van der Waals surface area (Å²) in [7, 11) is 1.98. The van der Waals surface area contributed by atoms with Gasteiger partial charge in [-0.2, -0.15) is 5.10 Å². The van der Waals surface area contributed by atoms with E-state index >= 15 is 0 Å². The molecule has 1 unspecified atom stereocenters. The van der Waals surface area contributed by atoms with E-state index in [9.17, 15) is 0 Å². The number of nitrogens with one attached hydrogen (secondary N) is 1. The molecule has 1 aromatic rings. The molecule has 0 fully saturated rings. The second kappa shape index (κ2) is 5.91. The third-order valence-electron chi connectivity index (χ3n) is 2.85. The molecule has 0 aliphatic heterocycles. The maximum Gasteiger partial charge on any atom is 0.0537 e. The molecular formula is C12H23N3. The Balaban J connectivity index is 2.94. The van der Waals surface area contributed by atoms with E-state index < -0.39 is 0 Å². The van der Waals surface area contributed by atoms with Crippen molar-refractivity contribution < 1.29 is 0 Å². The van der Waals surface area contributed by atoms with Crippen LogP contribution in [0.5, 0.6) is 0 Å². The van der Waals surface area contributed by atoms with Gasteiger partial charge >= 0.3 is 0 Å². The molecule has 86 valence electrons. The van der Waals surface area contributed by atoms with E-state index in [1.54, 1.807) is 0 Å². The standard InChI is InChI=1S/C12H23N3/c1-5-7-12-11(8-13-4)9-14-15(12)10(3)6-2/h9-10,13H,5-8H2,1-4H3. The van der Waals surface area contributed by atoms with Crippen LogP contribution in [0.2, 0.25) is 0 Å². The molecule has 1 heterocycles. The average Bonchev–Trinajstić information content (AvgIpc) is 2.62. The number of nitrogens with zero attached hydrogens (tertiary/aromatic N) is 2. The highest BCUT2D eigenvalue weighted by atomic mass is 15.3. The first-order chi connectivity index (χ1) is 7.24. The van der Waals surface area contributed by atoms with Crippen LogP contribution >= 0.6 is 0 Å². The summed E-state index contributed by atoms with van der Waals surface area (Å²) in [6.07, 6.45) is 5.45. The molecule has 1 rings (SSSR count). The molecule has 0 saturated heterocycles. The van der Waals surface area contributed by atoms with Gasteiger partial charge in [0.25, 0.3) is 0 Å². The van der Waals surface area contributed by atoms with Gasteiger partial charge in [0, 0.05) is 23.8 Å². The fraction of sp³-hybridized carbons (Fsp3) is 0.750. The van der Waals surface area contributed by atoms with Crippen molar-refractivity contribution in [1.82, 2.24) is 15.1 Å². The first-order valence-corrected chi connectivity index (χ1v) is 5.94. The van der Waals surface area contributed by atoms with E-state index in [0.29, 0.717) is 6.04 Å². The van der Waals surface area contributed by atoms with Crippen molar-refractivity contribution in [3.63, 3.8) is 0 Å². The molecule has 0 aliphatic rings. The molecule has 0 spiro atoms. The first-order valence-electron chi connectivity index (χ1n) is 5.94. The van der Waals surface area contributed by atoms with Gasteiger partial charge < -0.3 is 5.32 Å². The third-order valence-corrected chi connectivity index (χ3v) is 2.85. The Labute approximate surface area is 92.9 Å². The lowest BCUT2D eigenvalue weighted by Crippen LogP contribution is -2.12. The van der Waals surface area contributed by atoms with Crippen molar-refractivity contribution in [1.29, 1.82) is 0 Å². The molecule has 3 nitrogen and oxygen atoms in total. The average molecular weight is 209 g/mol. The first kappa shape index (κ1) is 12.2. The van der Waals surface area contributed by atoms with Gasteiger partial charge in [-0.15, -0.1) is 0 Å². The minimum atomic E-state index is 0.511. The summed E-state index contributed by atoms with van der Waals surface area (Å²) in [4.78, 5) is 0. The van der Waals surface area contributed by atoms with Crippen LogP contribution in [0, 0.1) is 0 Å². The molecule has 0 aromatic carbocycles. The van der Waals surface area contributed by atoms with Gasteiger partial charge in [0.2, 0.25) is 0 Å². The Morgan fingerprint density at radius 2 is 2.20 bits per heavy atom.